The zero-order valence-electron chi connectivity index (χ0n) is 11.1. The molecule has 0 aliphatic carbocycles. The minimum atomic E-state index is -3.60. The molecule has 4 nitrogen and oxygen atoms in total. The first-order valence-electron chi connectivity index (χ1n) is 6.42. The van der Waals surface area contributed by atoms with Crippen LogP contribution in [0, 0.1) is 12.7 Å². The van der Waals surface area contributed by atoms with Crippen molar-refractivity contribution >= 4 is 10.0 Å². The Bertz CT molecular complexity index is 560. The number of nitrogens with one attached hydrogen (secondary N) is 2. The third-order valence-electron chi connectivity index (χ3n) is 3.49. The average Bonchev–Trinajstić information content (AvgIpc) is 2.31. The maximum absolute atomic E-state index is 13.0. The number of piperidine rings is 1. The van der Waals surface area contributed by atoms with Crippen LogP contribution in [-0.4, -0.2) is 27.0 Å². The van der Waals surface area contributed by atoms with Crippen molar-refractivity contribution in [2.75, 3.05) is 6.54 Å². The zero-order chi connectivity index (χ0) is 14.0. The van der Waals surface area contributed by atoms with Gasteiger partial charge in [0.1, 0.15) is 5.82 Å². The summed E-state index contributed by atoms with van der Waals surface area (Å²) in [6.45, 7) is 4.47. The van der Waals surface area contributed by atoms with Crippen LogP contribution < -0.4 is 10.0 Å². The first-order valence-corrected chi connectivity index (χ1v) is 7.90. The molecule has 19 heavy (non-hydrogen) atoms. The van der Waals surface area contributed by atoms with Gasteiger partial charge in [0.2, 0.25) is 10.0 Å². The van der Waals surface area contributed by atoms with Gasteiger partial charge in [-0.15, -0.1) is 0 Å². The number of aryl methyl sites for hydroxylation is 1. The van der Waals surface area contributed by atoms with Crippen molar-refractivity contribution in [3.63, 3.8) is 0 Å². The highest BCUT2D eigenvalue weighted by atomic mass is 32.2. The van der Waals surface area contributed by atoms with Crippen molar-refractivity contribution in [3.05, 3.63) is 29.6 Å². The Balaban J connectivity index is 2.22. The molecular weight excluding hydrogens is 267 g/mol. The fourth-order valence-corrected chi connectivity index (χ4v) is 3.96. The predicted octanol–water partition coefficient (Wildman–Crippen LogP) is 1.55. The molecule has 0 saturated carbocycles. The molecule has 1 heterocycles. The van der Waals surface area contributed by atoms with E-state index in [9.17, 15) is 12.8 Å². The van der Waals surface area contributed by atoms with E-state index in [2.05, 4.69) is 10.0 Å². The van der Waals surface area contributed by atoms with E-state index in [1.54, 1.807) is 6.92 Å². The minimum absolute atomic E-state index is 0.101. The molecule has 1 aliphatic heterocycles. The lowest BCUT2D eigenvalue weighted by Crippen LogP contribution is -2.51. The van der Waals surface area contributed by atoms with Gasteiger partial charge in [-0.2, -0.15) is 0 Å². The van der Waals surface area contributed by atoms with Crippen LogP contribution in [0.4, 0.5) is 4.39 Å². The van der Waals surface area contributed by atoms with E-state index in [4.69, 9.17) is 0 Å². The van der Waals surface area contributed by atoms with Crippen molar-refractivity contribution in [1.29, 1.82) is 0 Å². The molecule has 2 rings (SSSR count). The molecular formula is C13H19FN2O2S. The molecule has 1 aliphatic rings. The smallest absolute Gasteiger partial charge is 0.241 e. The summed E-state index contributed by atoms with van der Waals surface area (Å²) < 4.78 is 40.4. The molecule has 0 bridgehead atoms. The Morgan fingerprint density at radius 1 is 1.42 bits per heavy atom. The summed E-state index contributed by atoms with van der Waals surface area (Å²) in [5.74, 6) is -0.427. The molecule has 1 fully saturated rings. The van der Waals surface area contributed by atoms with Gasteiger partial charge >= 0.3 is 0 Å². The van der Waals surface area contributed by atoms with Gasteiger partial charge in [-0.05, 0) is 57.0 Å². The highest BCUT2D eigenvalue weighted by Gasteiger charge is 2.27. The Morgan fingerprint density at radius 3 is 2.79 bits per heavy atom. The first kappa shape index (κ1) is 14.4. The van der Waals surface area contributed by atoms with E-state index in [0.717, 1.165) is 19.4 Å². The van der Waals surface area contributed by atoms with Crippen LogP contribution in [0.25, 0.3) is 0 Å². The van der Waals surface area contributed by atoms with Crippen LogP contribution in [0.2, 0.25) is 0 Å². The topological polar surface area (TPSA) is 58.2 Å². The van der Waals surface area contributed by atoms with Crippen LogP contribution in [0.5, 0.6) is 0 Å². The van der Waals surface area contributed by atoms with E-state index in [1.165, 1.54) is 18.2 Å². The Kier molecular flexibility index (Phi) is 4.23. The molecule has 0 aromatic heterocycles. The summed E-state index contributed by atoms with van der Waals surface area (Å²) in [5.41, 5.74) is 0.420. The van der Waals surface area contributed by atoms with Crippen LogP contribution in [-0.2, 0) is 10.0 Å². The van der Waals surface area contributed by atoms with Crippen molar-refractivity contribution in [1.82, 2.24) is 10.0 Å². The Morgan fingerprint density at radius 2 is 2.16 bits per heavy atom. The van der Waals surface area contributed by atoms with Crippen LogP contribution >= 0.6 is 0 Å². The number of hydrogen-bond donors (Lipinski definition) is 2. The number of benzene rings is 1. The van der Waals surface area contributed by atoms with Crippen LogP contribution in [0.1, 0.15) is 25.3 Å². The third-order valence-corrected chi connectivity index (χ3v) is 5.14. The average molecular weight is 286 g/mol. The lowest BCUT2D eigenvalue weighted by molar-refractivity contribution is 0.348. The molecule has 6 heteroatoms. The Labute approximate surface area is 113 Å². The van der Waals surface area contributed by atoms with Gasteiger partial charge in [0.15, 0.2) is 0 Å². The number of rotatable bonds is 3. The quantitative estimate of drug-likeness (QED) is 0.886. The summed E-state index contributed by atoms with van der Waals surface area (Å²) >= 11 is 0. The van der Waals surface area contributed by atoms with Gasteiger partial charge in [-0.25, -0.2) is 17.5 Å². The molecule has 106 valence electrons. The van der Waals surface area contributed by atoms with Gasteiger partial charge in [-0.1, -0.05) is 0 Å². The number of sulfonamides is 1. The zero-order valence-corrected chi connectivity index (χ0v) is 11.9. The van der Waals surface area contributed by atoms with Gasteiger partial charge < -0.3 is 5.32 Å². The molecule has 2 unspecified atom stereocenters. The summed E-state index contributed by atoms with van der Waals surface area (Å²) in [7, 11) is -3.60. The monoisotopic (exact) mass is 286 g/mol. The fourth-order valence-electron chi connectivity index (χ4n) is 2.38. The second-order valence-corrected chi connectivity index (χ2v) is 6.71. The highest BCUT2D eigenvalue weighted by Crippen LogP contribution is 2.18. The van der Waals surface area contributed by atoms with Crippen molar-refractivity contribution in [2.24, 2.45) is 0 Å². The molecule has 1 saturated heterocycles. The summed E-state index contributed by atoms with van der Waals surface area (Å²) in [5, 5.41) is 3.24. The molecule has 0 amide bonds. The molecule has 0 radical (unpaired) electrons. The van der Waals surface area contributed by atoms with E-state index in [0.29, 0.717) is 5.56 Å². The lowest BCUT2D eigenvalue weighted by atomic mass is 10.0. The second kappa shape index (κ2) is 5.56. The highest BCUT2D eigenvalue weighted by molar-refractivity contribution is 7.89. The molecule has 0 spiro atoms. The van der Waals surface area contributed by atoms with Crippen LogP contribution in [0.15, 0.2) is 23.1 Å². The normalized spacial score (nSPS) is 24.4. The van der Waals surface area contributed by atoms with Gasteiger partial charge in [0.05, 0.1) is 4.90 Å². The number of halogens is 1. The largest absolute Gasteiger partial charge is 0.313 e. The lowest BCUT2D eigenvalue weighted by Gasteiger charge is -2.30. The van der Waals surface area contributed by atoms with E-state index in [-0.39, 0.29) is 17.0 Å². The van der Waals surface area contributed by atoms with Gasteiger partial charge in [-0.3, -0.25) is 0 Å². The maximum atomic E-state index is 13.0. The van der Waals surface area contributed by atoms with Crippen LogP contribution in [0.3, 0.4) is 0 Å². The second-order valence-electron chi connectivity index (χ2n) is 5.02. The molecule has 2 atom stereocenters. The summed E-state index contributed by atoms with van der Waals surface area (Å²) in [6, 6.07) is 3.70. The maximum Gasteiger partial charge on any atom is 0.241 e. The molecule has 1 aromatic rings. The number of hydrogen-bond acceptors (Lipinski definition) is 3. The third kappa shape index (κ3) is 3.32. The molecule has 1 aromatic carbocycles. The Hall–Kier alpha value is -0.980. The first-order chi connectivity index (χ1) is 8.90. The van der Waals surface area contributed by atoms with E-state index >= 15 is 0 Å². The predicted molar refractivity (Wildman–Crippen MR) is 71.9 cm³/mol. The van der Waals surface area contributed by atoms with Crippen molar-refractivity contribution < 1.29 is 12.8 Å². The molecule has 2 N–H and O–H groups in total. The minimum Gasteiger partial charge on any atom is -0.313 e. The van der Waals surface area contributed by atoms with E-state index < -0.39 is 15.8 Å². The summed E-state index contributed by atoms with van der Waals surface area (Å²) in [6.07, 6.45) is 1.76. The SMILES string of the molecule is Cc1cc(F)ccc1S(=O)(=O)NC1CCCNC1C. The van der Waals surface area contributed by atoms with Crippen molar-refractivity contribution in [2.45, 2.75) is 43.7 Å². The van der Waals surface area contributed by atoms with Gasteiger partial charge in [0, 0.05) is 12.1 Å². The standard InChI is InChI=1S/C13H19FN2O2S/c1-9-8-11(14)5-6-13(9)19(17,18)16-12-4-3-7-15-10(12)2/h5-6,8,10,12,15-16H,3-4,7H2,1-2H3. The summed E-state index contributed by atoms with van der Waals surface area (Å²) in [4.78, 5) is 0.145. The fraction of sp³-hybridized carbons (Fsp3) is 0.538. The van der Waals surface area contributed by atoms with Gasteiger partial charge in [0.25, 0.3) is 0 Å². The van der Waals surface area contributed by atoms with E-state index in [1.807, 2.05) is 6.92 Å². The van der Waals surface area contributed by atoms with Crippen molar-refractivity contribution in [3.8, 4) is 0 Å².